The number of thiocarbonyl (C=S) groups is 1. The molecule has 5 heteroatoms. The summed E-state index contributed by atoms with van der Waals surface area (Å²) in [5.41, 5.74) is 7.30. The molecule has 0 aliphatic carbocycles. The zero-order chi connectivity index (χ0) is 14.6. The second kappa shape index (κ2) is 6.52. The summed E-state index contributed by atoms with van der Waals surface area (Å²) < 4.78 is 5.13. The van der Waals surface area contributed by atoms with Crippen molar-refractivity contribution < 1.29 is 9.53 Å². The lowest BCUT2D eigenvalue weighted by Crippen LogP contribution is -2.36. The first kappa shape index (κ1) is 15.4. The first-order valence-corrected chi connectivity index (χ1v) is 6.52. The molecule has 3 N–H and O–H groups in total. The number of anilines is 1. The molecule has 0 heterocycles. The molecule has 19 heavy (non-hydrogen) atoms. The molecule has 1 atom stereocenters. The SMILES string of the molecule is COc1ccc(NC(=O)C(C(N)=S)C(C)C)c(C)c1. The molecule has 1 amide bonds. The second-order valence-electron chi connectivity index (χ2n) is 4.79. The number of aryl methyl sites for hydroxylation is 1. The molecule has 0 aliphatic rings. The van der Waals surface area contributed by atoms with Crippen LogP contribution in [0, 0.1) is 18.8 Å². The van der Waals surface area contributed by atoms with Crippen molar-refractivity contribution in [2.24, 2.45) is 17.6 Å². The van der Waals surface area contributed by atoms with Gasteiger partial charge in [-0.05, 0) is 36.6 Å². The summed E-state index contributed by atoms with van der Waals surface area (Å²) >= 11 is 4.96. The fraction of sp³-hybridized carbons (Fsp3) is 0.429. The molecule has 0 spiro atoms. The van der Waals surface area contributed by atoms with Gasteiger partial charge in [-0.2, -0.15) is 0 Å². The van der Waals surface area contributed by atoms with Crippen molar-refractivity contribution in [3.63, 3.8) is 0 Å². The Kier molecular flexibility index (Phi) is 5.30. The van der Waals surface area contributed by atoms with Crippen molar-refractivity contribution in [3.05, 3.63) is 23.8 Å². The molecule has 0 saturated heterocycles. The summed E-state index contributed by atoms with van der Waals surface area (Å²) in [7, 11) is 1.61. The molecule has 0 aliphatic heterocycles. The number of carbonyl (C=O) groups is 1. The van der Waals surface area contributed by atoms with Gasteiger partial charge in [-0.3, -0.25) is 4.79 Å². The van der Waals surface area contributed by atoms with E-state index in [4.69, 9.17) is 22.7 Å². The Morgan fingerprint density at radius 2 is 2.05 bits per heavy atom. The van der Waals surface area contributed by atoms with Crippen molar-refractivity contribution in [3.8, 4) is 5.75 Å². The summed E-state index contributed by atoms with van der Waals surface area (Å²) in [5, 5.41) is 2.86. The highest BCUT2D eigenvalue weighted by Crippen LogP contribution is 2.22. The molecule has 0 saturated carbocycles. The van der Waals surface area contributed by atoms with Crippen LogP contribution in [0.1, 0.15) is 19.4 Å². The van der Waals surface area contributed by atoms with E-state index in [1.165, 1.54) is 0 Å². The molecular formula is C14H20N2O2S. The number of rotatable bonds is 5. The van der Waals surface area contributed by atoms with Crippen LogP contribution in [0.5, 0.6) is 5.75 Å². The number of hydrogen-bond acceptors (Lipinski definition) is 3. The van der Waals surface area contributed by atoms with Crippen LogP contribution in [0.4, 0.5) is 5.69 Å². The summed E-state index contributed by atoms with van der Waals surface area (Å²) in [5.74, 6) is 0.188. The van der Waals surface area contributed by atoms with Gasteiger partial charge >= 0.3 is 0 Å². The Labute approximate surface area is 119 Å². The van der Waals surface area contributed by atoms with Crippen molar-refractivity contribution in [2.75, 3.05) is 12.4 Å². The minimum atomic E-state index is -0.462. The maximum atomic E-state index is 12.2. The highest BCUT2D eigenvalue weighted by atomic mass is 32.1. The lowest BCUT2D eigenvalue weighted by atomic mass is 9.95. The van der Waals surface area contributed by atoms with Gasteiger partial charge in [0.25, 0.3) is 0 Å². The van der Waals surface area contributed by atoms with Crippen LogP contribution in [-0.4, -0.2) is 18.0 Å². The van der Waals surface area contributed by atoms with Gasteiger partial charge in [0, 0.05) is 5.69 Å². The van der Waals surface area contributed by atoms with Gasteiger partial charge in [0.15, 0.2) is 0 Å². The van der Waals surface area contributed by atoms with Crippen molar-refractivity contribution in [1.29, 1.82) is 0 Å². The van der Waals surface area contributed by atoms with Crippen LogP contribution < -0.4 is 15.8 Å². The average molecular weight is 280 g/mol. The lowest BCUT2D eigenvalue weighted by Gasteiger charge is -2.19. The van der Waals surface area contributed by atoms with Gasteiger partial charge in [-0.25, -0.2) is 0 Å². The van der Waals surface area contributed by atoms with Crippen LogP contribution in [0.15, 0.2) is 18.2 Å². The third-order valence-corrected chi connectivity index (χ3v) is 3.20. The average Bonchev–Trinajstić information content (AvgIpc) is 2.30. The maximum absolute atomic E-state index is 12.2. The second-order valence-corrected chi connectivity index (χ2v) is 5.27. The molecule has 1 aromatic rings. The normalized spacial score (nSPS) is 12.1. The molecule has 0 aromatic heterocycles. The first-order chi connectivity index (χ1) is 8.86. The summed E-state index contributed by atoms with van der Waals surface area (Å²) in [6.45, 7) is 5.75. The number of methoxy groups -OCH3 is 1. The van der Waals surface area contributed by atoms with Gasteiger partial charge in [-0.1, -0.05) is 26.1 Å². The summed E-state index contributed by atoms with van der Waals surface area (Å²) in [4.78, 5) is 12.4. The van der Waals surface area contributed by atoms with Gasteiger partial charge in [0.05, 0.1) is 18.0 Å². The third-order valence-electron chi connectivity index (χ3n) is 2.95. The first-order valence-electron chi connectivity index (χ1n) is 6.11. The van der Waals surface area contributed by atoms with E-state index in [2.05, 4.69) is 5.32 Å². The van der Waals surface area contributed by atoms with Gasteiger partial charge in [0.2, 0.25) is 5.91 Å². The van der Waals surface area contributed by atoms with Gasteiger partial charge in [0.1, 0.15) is 5.75 Å². The molecule has 0 radical (unpaired) electrons. The number of amides is 1. The smallest absolute Gasteiger partial charge is 0.234 e. The highest BCUT2D eigenvalue weighted by molar-refractivity contribution is 7.80. The minimum absolute atomic E-state index is 0.0658. The monoisotopic (exact) mass is 280 g/mol. The highest BCUT2D eigenvalue weighted by Gasteiger charge is 2.25. The van der Waals surface area contributed by atoms with Crippen molar-refractivity contribution >= 4 is 28.8 Å². The predicted octanol–water partition coefficient (Wildman–Crippen LogP) is 2.50. The van der Waals surface area contributed by atoms with Crippen LogP contribution in [0.3, 0.4) is 0 Å². The van der Waals surface area contributed by atoms with E-state index < -0.39 is 5.92 Å². The molecular weight excluding hydrogens is 260 g/mol. The molecule has 0 fully saturated rings. The number of benzene rings is 1. The molecule has 1 unspecified atom stereocenters. The number of ether oxygens (including phenoxy) is 1. The van der Waals surface area contributed by atoms with Crippen molar-refractivity contribution in [1.82, 2.24) is 0 Å². The topological polar surface area (TPSA) is 64.3 Å². The van der Waals surface area contributed by atoms with E-state index in [1.54, 1.807) is 13.2 Å². The molecule has 104 valence electrons. The third kappa shape index (κ3) is 3.92. The van der Waals surface area contributed by atoms with Crippen LogP contribution in [0.2, 0.25) is 0 Å². The van der Waals surface area contributed by atoms with Crippen LogP contribution >= 0.6 is 12.2 Å². The Morgan fingerprint density at radius 3 is 2.47 bits per heavy atom. The zero-order valence-electron chi connectivity index (χ0n) is 11.7. The molecule has 4 nitrogen and oxygen atoms in total. The molecule has 1 rings (SSSR count). The lowest BCUT2D eigenvalue weighted by molar-refractivity contribution is -0.118. The van der Waals surface area contributed by atoms with E-state index >= 15 is 0 Å². The largest absolute Gasteiger partial charge is 0.497 e. The minimum Gasteiger partial charge on any atom is -0.497 e. The van der Waals surface area contributed by atoms with E-state index in [-0.39, 0.29) is 16.8 Å². The number of nitrogens with two attached hydrogens (primary N) is 1. The zero-order valence-corrected chi connectivity index (χ0v) is 12.5. The Balaban J connectivity index is 2.90. The van der Waals surface area contributed by atoms with E-state index in [1.807, 2.05) is 32.9 Å². The fourth-order valence-electron chi connectivity index (χ4n) is 1.87. The Bertz CT molecular complexity index is 486. The Morgan fingerprint density at radius 1 is 1.42 bits per heavy atom. The summed E-state index contributed by atoms with van der Waals surface area (Å²) in [6.07, 6.45) is 0. The predicted molar refractivity (Wildman–Crippen MR) is 81.5 cm³/mol. The summed E-state index contributed by atoms with van der Waals surface area (Å²) in [6, 6.07) is 5.47. The van der Waals surface area contributed by atoms with Crippen LogP contribution in [0.25, 0.3) is 0 Å². The quantitative estimate of drug-likeness (QED) is 0.813. The number of carbonyl (C=O) groups excluding carboxylic acids is 1. The molecule has 0 bridgehead atoms. The van der Waals surface area contributed by atoms with Gasteiger partial charge in [-0.15, -0.1) is 0 Å². The Hall–Kier alpha value is -1.62. The number of nitrogens with one attached hydrogen (secondary N) is 1. The van der Waals surface area contributed by atoms with E-state index in [0.29, 0.717) is 0 Å². The molecule has 1 aromatic carbocycles. The standard InChI is InChI=1S/C14H20N2O2S/c1-8(2)12(13(15)19)14(17)16-11-6-5-10(18-4)7-9(11)3/h5-8,12H,1-4H3,(H2,15,19)(H,16,17). The van der Waals surface area contributed by atoms with Crippen LogP contribution in [-0.2, 0) is 4.79 Å². The van der Waals surface area contributed by atoms with E-state index in [0.717, 1.165) is 17.0 Å². The maximum Gasteiger partial charge on any atom is 0.234 e. The van der Waals surface area contributed by atoms with Crippen molar-refractivity contribution in [2.45, 2.75) is 20.8 Å². The van der Waals surface area contributed by atoms with E-state index in [9.17, 15) is 4.79 Å². The number of hydrogen-bond donors (Lipinski definition) is 2. The van der Waals surface area contributed by atoms with Gasteiger partial charge < -0.3 is 15.8 Å². The fourth-order valence-corrected chi connectivity index (χ4v) is 2.25.